The van der Waals surface area contributed by atoms with E-state index in [9.17, 15) is 24.3 Å². The second kappa shape index (κ2) is 15.9. The van der Waals surface area contributed by atoms with E-state index in [1.807, 2.05) is 4.90 Å². The van der Waals surface area contributed by atoms with E-state index in [2.05, 4.69) is 10.6 Å². The molecule has 2 unspecified atom stereocenters. The standard InChI is InChI=1S/C35H56N4O11/c1-33(2,22-28(23-40)37-31(43)39-12-15-45-16-13-39)47-32(44)46-14-8-34(7-6-29(41)36-9-4-11-38-10-3-5-30(38)42)48-35(50-49-34)26-18-24-17-25(20-26)21-27(35)19-24/h24-28,40H,3-23H2,1-2H3,(H,36,41)(H,37,43). The number of carbonyl (C=O) groups excluding carboxylic acids is 4. The van der Waals surface area contributed by atoms with Gasteiger partial charge in [0, 0.05) is 76.7 Å². The fourth-order valence-corrected chi connectivity index (χ4v) is 9.12. The normalized spacial score (nSPS) is 32.4. The molecule has 282 valence electrons. The monoisotopic (exact) mass is 708 g/mol. The number of carbonyl (C=O) groups is 4. The van der Waals surface area contributed by atoms with Crippen molar-refractivity contribution in [3.8, 4) is 0 Å². The number of rotatable bonds is 15. The second-order valence-electron chi connectivity index (χ2n) is 15.7. The highest BCUT2D eigenvalue weighted by molar-refractivity contribution is 5.78. The molecule has 3 aliphatic heterocycles. The Hall–Kier alpha value is -2.72. The van der Waals surface area contributed by atoms with Crippen LogP contribution in [0.5, 0.6) is 0 Å². The molecule has 4 bridgehead atoms. The van der Waals surface area contributed by atoms with Crippen molar-refractivity contribution in [3.05, 3.63) is 0 Å². The highest BCUT2D eigenvalue weighted by Crippen LogP contribution is 2.63. The number of nitrogens with zero attached hydrogens (tertiary/aromatic N) is 2. The molecule has 2 atom stereocenters. The lowest BCUT2D eigenvalue weighted by molar-refractivity contribution is -0.389. The summed E-state index contributed by atoms with van der Waals surface area (Å²) in [6, 6.07) is -0.946. The van der Waals surface area contributed by atoms with Crippen molar-refractivity contribution in [2.75, 3.05) is 59.2 Å². The van der Waals surface area contributed by atoms with Gasteiger partial charge in [-0.05, 0) is 70.6 Å². The van der Waals surface area contributed by atoms with Crippen LogP contribution in [0, 0.1) is 23.7 Å². The summed E-state index contributed by atoms with van der Waals surface area (Å²) in [6.07, 6.45) is 7.30. The summed E-state index contributed by atoms with van der Waals surface area (Å²) in [5.74, 6) is -0.315. The largest absolute Gasteiger partial charge is 0.508 e. The molecule has 1 spiro atoms. The summed E-state index contributed by atoms with van der Waals surface area (Å²) in [6.45, 7) is 6.66. The van der Waals surface area contributed by atoms with Gasteiger partial charge in [0.25, 0.3) is 0 Å². The molecule has 7 rings (SSSR count). The van der Waals surface area contributed by atoms with Crippen molar-refractivity contribution in [1.29, 1.82) is 0 Å². The summed E-state index contributed by atoms with van der Waals surface area (Å²) >= 11 is 0. The fraction of sp³-hybridized carbons (Fsp3) is 0.886. The van der Waals surface area contributed by atoms with Crippen LogP contribution in [0.1, 0.15) is 90.9 Å². The summed E-state index contributed by atoms with van der Waals surface area (Å²) in [5, 5.41) is 15.7. The minimum absolute atomic E-state index is 0.0996. The first-order valence-corrected chi connectivity index (χ1v) is 18.7. The summed E-state index contributed by atoms with van der Waals surface area (Å²) in [7, 11) is 0. The average Bonchev–Trinajstić information content (AvgIpc) is 3.68. The van der Waals surface area contributed by atoms with Crippen LogP contribution in [0.25, 0.3) is 0 Å². The van der Waals surface area contributed by atoms with E-state index >= 15 is 0 Å². The lowest BCUT2D eigenvalue weighted by Crippen LogP contribution is -2.59. The van der Waals surface area contributed by atoms with Crippen molar-refractivity contribution < 1.29 is 53.0 Å². The molecule has 3 heterocycles. The predicted molar refractivity (Wildman–Crippen MR) is 176 cm³/mol. The van der Waals surface area contributed by atoms with Crippen LogP contribution in [0.3, 0.4) is 0 Å². The molecule has 4 aliphatic carbocycles. The zero-order valence-electron chi connectivity index (χ0n) is 29.7. The van der Waals surface area contributed by atoms with Crippen LogP contribution in [0.15, 0.2) is 0 Å². The van der Waals surface area contributed by atoms with Gasteiger partial charge in [-0.1, -0.05) is 0 Å². The maximum Gasteiger partial charge on any atom is 0.508 e. The number of morpholine rings is 1. The summed E-state index contributed by atoms with van der Waals surface area (Å²) < 4.78 is 23.3. The predicted octanol–water partition coefficient (Wildman–Crippen LogP) is 2.84. The van der Waals surface area contributed by atoms with Crippen molar-refractivity contribution in [2.45, 2.75) is 114 Å². The number of nitrogens with one attached hydrogen (secondary N) is 2. The maximum atomic E-state index is 12.9. The number of likely N-dealkylation sites (tertiary alicyclic amines) is 1. The third-order valence-corrected chi connectivity index (χ3v) is 11.4. The number of aliphatic hydroxyl groups is 1. The summed E-state index contributed by atoms with van der Waals surface area (Å²) in [4.78, 5) is 66.0. The molecule has 15 nitrogen and oxygen atoms in total. The smallest absolute Gasteiger partial charge is 0.434 e. The van der Waals surface area contributed by atoms with Crippen LogP contribution in [-0.4, -0.2) is 121 Å². The number of hydrogen-bond donors (Lipinski definition) is 3. The van der Waals surface area contributed by atoms with Crippen LogP contribution in [0.4, 0.5) is 9.59 Å². The van der Waals surface area contributed by atoms with Gasteiger partial charge in [-0.3, -0.25) is 9.59 Å². The molecule has 7 fully saturated rings. The van der Waals surface area contributed by atoms with Gasteiger partial charge in [0.2, 0.25) is 23.4 Å². The minimum atomic E-state index is -1.28. The average molecular weight is 709 g/mol. The Kier molecular flexibility index (Phi) is 11.8. The number of amides is 4. The highest BCUT2D eigenvalue weighted by atomic mass is 17.3. The van der Waals surface area contributed by atoms with Gasteiger partial charge in [-0.2, -0.15) is 9.78 Å². The Bertz CT molecular complexity index is 1200. The van der Waals surface area contributed by atoms with E-state index in [4.69, 9.17) is 28.7 Å². The molecule has 3 saturated heterocycles. The zero-order chi connectivity index (χ0) is 35.4. The molecule has 7 aliphatic rings. The maximum absolute atomic E-state index is 12.9. The lowest BCUT2D eigenvalue weighted by atomic mass is 9.53. The molecule has 3 N–H and O–H groups in total. The third-order valence-electron chi connectivity index (χ3n) is 11.4. The van der Waals surface area contributed by atoms with Crippen LogP contribution in [0.2, 0.25) is 0 Å². The van der Waals surface area contributed by atoms with Gasteiger partial charge in [0.05, 0.1) is 25.9 Å². The van der Waals surface area contributed by atoms with Crippen molar-refractivity contribution in [3.63, 3.8) is 0 Å². The molecular formula is C35H56N4O11. The molecule has 0 aromatic carbocycles. The molecule has 4 saturated carbocycles. The molecule has 15 heteroatoms. The van der Waals surface area contributed by atoms with Gasteiger partial charge < -0.3 is 44.5 Å². The van der Waals surface area contributed by atoms with Gasteiger partial charge in [0.15, 0.2) is 0 Å². The topological polar surface area (TPSA) is 174 Å². The van der Waals surface area contributed by atoms with Crippen molar-refractivity contribution in [2.24, 2.45) is 23.7 Å². The van der Waals surface area contributed by atoms with Crippen molar-refractivity contribution >= 4 is 24.0 Å². The van der Waals surface area contributed by atoms with E-state index in [-0.39, 0.29) is 68.6 Å². The number of ether oxygens (including phenoxy) is 4. The third kappa shape index (κ3) is 8.83. The van der Waals surface area contributed by atoms with E-state index in [1.165, 1.54) is 6.42 Å². The summed E-state index contributed by atoms with van der Waals surface area (Å²) in [5.41, 5.74) is -1.06. The molecular weight excluding hydrogens is 652 g/mol. The van der Waals surface area contributed by atoms with Gasteiger partial charge in [-0.25, -0.2) is 9.59 Å². The quantitative estimate of drug-likeness (QED) is 0.130. The number of urea groups is 1. The lowest BCUT2D eigenvalue weighted by Gasteiger charge is -2.57. The number of hydrogen-bond acceptors (Lipinski definition) is 11. The molecule has 0 radical (unpaired) electrons. The Morgan fingerprint density at radius 3 is 2.40 bits per heavy atom. The Balaban J connectivity index is 1.00. The van der Waals surface area contributed by atoms with Gasteiger partial charge in [0.1, 0.15) is 12.2 Å². The number of aliphatic hydroxyl groups excluding tert-OH is 1. The highest BCUT2D eigenvalue weighted by Gasteiger charge is 2.66. The Labute approximate surface area is 294 Å². The van der Waals surface area contributed by atoms with Gasteiger partial charge in [-0.15, -0.1) is 0 Å². The van der Waals surface area contributed by atoms with Crippen LogP contribution in [-0.2, 0) is 38.3 Å². The first-order chi connectivity index (χ1) is 24.0. The molecule has 0 aromatic rings. The Morgan fingerprint density at radius 1 is 1.02 bits per heavy atom. The zero-order valence-corrected chi connectivity index (χ0v) is 29.7. The molecule has 50 heavy (non-hydrogen) atoms. The fourth-order valence-electron chi connectivity index (χ4n) is 9.12. The minimum Gasteiger partial charge on any atom is -0.434 e. The van der Waals surface area contributed by atoms with Crippen molar-refractivity contribution in [1.82, 2.24) is 20.4 Å². The van der Waals surface area contributed by atoms with Gasteiger partial charge >= 0.3 is 12.2 Å². The molecule has 4 amide bonds. The molecule has 0 aromatic heterocycles. The van der Waals surface area contributed by atoms with E-state index < -0.39 is 29.4 Å². The van der Waals surface area contributed by atoms with E-state index in [0.29, 0.717) is 64.1 Å². The van der Waals surface area contributed by atoms with E-state index in [1.54, 1.807) is 18.7 Å². The SMILES string of the molecule is CC(C)(CC(CO)NC(=O)N1CCOCC1)OC(=O)OCCC1(CCC(=O)NCCCN2CCCC2=O)OOC2(O1)C1CC3CC(C1)CC2C3. The van der Waals surface area contributed by atoms with Crippen LogP contribution >= 0.6 is 0 Å². The Morgan fingerprint density at radius 2 is 1.74 bits per heavy atom. The van der Waals surface area contributed by atoms with E-state index in [0.717, 1.165) is 38.6 Å². The second-order valence-corrected chi connectivity index (χ2v) is 15.7. The van der Waals surface area contributed by atoms with Crippen LogP contribution < -0.4 is 10.6 Å². The first kappa shape index (κ1) is 37.1. The first-order valence-electron chi connectivity index (χ1n) is 18.7.